The molecular formula is C27H30ClN3O5S. The lowest BCUT2D eigenvalue weighted by Gasteiger charge is -2.37. The predicted molar refractivity (Wildman–Crippen MR) is 146 cm³/mol. The number of nitrogens with zero attached hydrogens (tertiary/aromatic N) is 3. The summed E-state index contributed by atoms with van der Waals surface area (Å²) >= 11 is 6.20. The molecule has 196 valence electrons. The molecule has 0 unspecified atom stereocenters. The Bertz CT molecular complexity index is 1360. The maximum Gasteiger partial charge on any atom is 0.264 e. The van der Waals surface area contributed by atoms with Crippen LogP contribution in [0.2, 0.25) is 5.02 Å². The molecular weight excluding hydrogens is 514 g/mol. The van der Waals surface area contributed by atoms with Crippen molar-refractivity contribution in [1.29, 1.82) is 0 Å². The number of amides is 1. The SMILES string of the molecule is COc1ccc(N(CC(=O)N2CCN(c3cc(Cl)ccc3C)CC2)S(=O)(=O)c2ccccc2)c(OC)c1. The first-order valence-electron chi connectivity index (χ1n) is 11.8. The Labute approximate surface area is 223 Å². The van der Waals surface area contributed by atoms with E-state index in [-0.39, 0.29) is 28.8 Å². The van der Waals surface area contributed by atoms with Crippen LogP contribution in [0.25, 0.3) is 0 Å². The Balaban J connectivity index is 1.59. The number of piperazine rings is 1. The minimum Gasteiger partial charge on any atom is -0.497 e. The van der Waals surface area contributed by atoms with Crippen molar-refractivity contribution in [1.82, 2.24) is 4.90 Å². The van der Waals surface area contributed by atoms with Crippen LogP contribution >= 0.6 is 11.6 Å². The molecule has 0 saturated carbocycles. The van der Waals surface area contributed by atoms with Gasteiger partial charge in [0.05, 0.1) is 24.8 Å². The molecule has 37 heavy (non-hydrogen) atoms. The summed E-state index contributed by atoms with van der Waals surface area (Å²) in [6.07, 6.45) is 0. The molecule has 1 saturated heterocycles. The van der Waals surface area contributed by atoms with Gasteiger partial charge in [0.25, 0.3) is 10.0 Å². The van der Waals surface area contributed by atoms with Crippen LogP contribution in [0.3, 0.4) is 0 Å². The van der Waals surface area contributed by atoms with Gasteiger partial charge < -0.3 is 19.3 Å². The Kier molecular flexibility index (Phi) is 8.14. The number of halogens is 1. The van der Waals surface area contributed by atoms with Gasteiger partial charge in [-0.25, -0.2) is 8.42 Å². The summed E-state index contributed by atoms with van der Waals surface area (Å²) in [4.78, 5) is 17.4. The van der Waals surface area contributed by atoms with E-state index in [0.717, 1.165) is 15.6 Å². The normalized spacial score (nSPS) is 13.8. The van der Waals surface area contributed by atoms with Gasteiger partial charge in [0.1, 0.15) is 18.0 Å². The predicted octanol–water partition coefficient (Wildman–Crippen LogP) is 4.21. The number of sulfonamides is 1. The van der Waals surface area contributed by atoms with E-state index in [9.17, 15) is 13.2 Å². The lowest BCUT2D eigenvalue weighted by atomic mass is 10.1. The molecule has 1 aliphatic heterocycles. The Morgan fingerprint density at radius 3 is 2.30 bits per heavy atom. The zero-order valence-electron chi connectivity index (χ0n) is 21.1. The number of methoxy groups -OCH3 is 2. The standard InChI is InChI=1S/C27H30ClN3O5S/c1-20-9-10-21(28)17-25(20)29-13-15-30(16-14-29)27(32)19-31(37(33,34)23-7-5-4-6-8-23)24-12-11-22(35-2)18-26(24)36-3/h4-12,17-18H,13-16,19H2,1-3H3. The van der Waals surface area contributed by atoms with Crippen molar-refractivity contribution >= 4 is 38.9 Å². The third kappa shape index (κ3) is 5.78. The van der Waals surface area contributed by atoms with Crippen LogP contribution < -0.4 is 18.7 Å². The van der Waals surface area contributed by atoms with E-state index in [1.54, 1.807) is 41.3 Å². The molecule has 1 fully saturated rings. The molecule has 0 N–H and O–H groups in total. The highest BCUT2D eigenvalue weighted by molar-refractivity contribution is 7.92. The number of anilines is 2. The second-order valence-corrected chi connectivity index (χ2v) is 11.0. The average molecular weight is 544 g/mol. The second-order valence-electron chi connectivity index (χ2n) is 8.66. The van der Waals surface area contributed by atoms with E-state index in [2.05, 4.69) is 4.90 Å². The van der Waals surface area contributed by atoms with Crippen LogP contribution in [0.5, 0.6) is 11.5 Å². The van der Waals surface area contributed by atoms with Crippen LogP contribution in [0.1, 0.15) is 5.56 Å². The summed E-state index contributed by atoms with van der Waals surface area (Å²) in [5.74, 6) is 0.504. The molecule has 8 nitrogen and oxygen atoms in total. The molecule has 3 aromatic carbocycles. The Morgan fingerprint density at radius 2 is 1.65 bits per heavy atom. The number of rotatable bonds is 8. The summed E-state index contributed by atoms with van der Waals surface area (Å²) in [5, 5.41) is 0.661. The Morgan fingerprint density at radius 1 is 0.946 bits per heavy atom. The maximum atomic E-state index is 13.7. The summed E-state index contributed by atoms with van der Waals surface area (Å²) in [7, 11) is -1.10. The molecule has 0 bridgehead atoms. The molecule has 1 amide bonds. The lowest BCUT2D eigenvalue weighted by Crippen LogP contribution is -2.52. The van der Waals surface area contributed by atoms with E-state index in [1.165, 1.54) is 26.4 Å². The average Bonchev–Trinajstić information content (AvgIpc) is 2.93. The van der Waals surface area contributed by atoms with Crippen molar-refractivity contribution in [3.05, 3.63) is 77.3 Å². The highest BCUT2D eigenvalue weighted by atomic mass is 35.5. The molecule has 0 radical (unpaired) electrons. The van der Waals surface area contributed by atoms with E-state index >= 15 is 0 Å². The number of carbonyl (C=O) groups excluding carboxylic acids is 1. The van der Waals surface area contributed by atoms with Crippen molar-refractivity contribution < 1.29 is 22.7 Å². The van der Waals surface area contributed by atoms with Crippen LogP contribution in [0.15, 0.2) is 71.6 Å². The van der Waals surface area contributed by atoms with E-state index in [1.807, 2.05) is 25.1 Å². The first-order chi connectivity index (χ1) is 17.7. The minimum atomic E-state index is -4.06. The third-order valence-electron chi connectivity index (χ3n) is 6.41. The molecule has 0 aliphatic carbocycles. The molecule has 10 heteroatoms. The molecule has 0 aromatic heterocycles. The second kappa shape index (κ2) is 11.3. The number of carbonyl (C=O) groups is 1. The van der Waals surface area contributed by atoms with Crippen molar-refractivity contribution in [3.63, 3.8) is 0 Å². The fraction of sp³-hybridized carbons (Fsp3) is 0.296. The van der Waals surface area contributed by atoms with Gasteiger partial charge in [-0.2, -0.15) is 0 Å². The van der Waals surface area contributed by atoms with Crippen LogP contribution in [0.4, 0.5) is 11.4 Å². The highest BCUT2D eigenvalue weighted by Crippen LogP contribution is 2.35. The maximum absolute atomic E-state index is 13.7. The number of hydrogen-bond acceptors (Lipinski definition) is 6. The van der Waals surface area contributed by atoms with Gasteiger partial charge in [0.15, 0.2) is 0 Å². The molecule has 3 aromatic rings. The zero-order chi connectivity index (χ0) is 26.6. The third-order valence-corrected chi connectivity index (χ3v) is 8.42. The fourth-order valence-corrected chi connectivity index (χ4v) is 5.97. The summed E-state index contributed by atoms with van der Waals surface area (Å²) in [6.45, 7) is 3.82. The largest absolute Gasteiger partial charge is 0.497 e. The smallest absolute Gasteiger partial charge is 0.264 e. The van der Waals surface area contributed by atoms with Crippen molar-refractivity contribution in [2.45, 2.75) is 11.8 Å². The van der Waals surface area contributed by atoms with Crippen LogP contribution in [-0.4, -0.2) is 66.2 Å². The van der Waals surface area contributed by atoms with E-state index in [0.29, 0.717) is 37.0 Å². The number of benzene rings is 3. The van der Waals surface area contributed by atoms with Crippen LogP contribution in [-0.2, 0) is 14.8 Å². The summed E-state index contributed by atoms with van der Waals surface area (Å²) in [5.41, 5.74) is 2.40. The van der Waals surface area contributed by atoms with Crippen molar-refractivity contribution in [3.8, 4) is 11.5 Å². The van der Waals surface area contributed by atoms with Gasteiger partial charge in [-0.15, -0.1) is 0 Å². The number of hydrogen-bond donors (Lipinski definition) is 0. The van der Waals surface area contributed by atoms with Crippen LogP contribution in [0, 0.1) is 6.92 Å². The molecule has 1 heterocycles. The highest BCUT2D eigenvalue weighted by Gasteiger charge is 2.32. The van der Waals surface area contributed by atoms with E-state index in [4.69, 9.17) is 21.1 Å². The van der Waals surface area contributed by atoms with E-state index < -0.39 is 10.0 Å². The van der Waals surface area contributed by atoms with Gasteiger partial charge >= 0.3 is 0 Å². The molecule has 1 aliphatic rings. The van der Waals surface area contributed by atoms with Crippen molar-refractivity contribution in [2.24, 2.45) is 0 Å². The monoisotopic (exact) mass is 543 g/mol. The molecule has 0 atom stereocenters. The van der Waals surface area contributed by atoms with Gasteiger partial charge in [0.2, 0.25) is 5.91 Å². The first kappa shape index (κ1) is 26.6. The van der Waals surface area contributed by atoms with Gasteiger partial charge in [0, 0.05) is 43.0 Å². The lowest BCUT2D eigenvalue weighted by molar-refractivity contribution is -0.129. The van der Waals surface area contributed by atoms with Gasteiger partial charge in [-0.3, -0.25) is 9.10 Å². The summed E-state index contributed by atoms with van der Waals surface area (Å²) < 4.78 is 39.3. The molecule has 0 spiro atoms. The number of ether oxygens (including phenoxy) is 2. The van der Waals surface area contributed by atoms with Crippen molar-refractivity contribution in [2.75, 3.05) is 56.1 Å². The van der Waals surface area contributed by atoms with Gasteiger partial charge in [-0.1, -0.05) is 35.9 Å². The topological polar surface area (TPSA) is 79.4 Å². The first-order valence-corrected chi connectivity index (χ1v) is 13.6. The number of aryl methyl sites for hydroxylation is 1. The summed E-state index contributed by atoms with van der Waals surface area (Å²) in [6, 6.07) is 18.6. The quantitative estimate of drug-likeness (QED) is 0.423. The van der Waals surface area contributed by atoms with Gasteiger partial charge in [-0.05, 0) is 48.9 Å². The minimum absolute atomic E-state index is 0.0851. The Hall–Kier alpha value is -3.43. The zero-order valence-corrected chi connectivity index (χ0v) is 22.6. The fourth-order valence-electron chi connectivity index (χ4n) is 4.35. The molecule has 4 rings (SSSR count).